The van der Waals surface area contributed by atoms with Gasteiger partial charge in [0.25, 0.3) is 0 Å². The van der Waals surface area contributed by atoms with Crippen LogP contribution in [0.15, 0.2) is 121 Å². The number of nitrogens with one attached hydrogen (secondary N) is 1. The van der Waals surface area contributed by atoms with Crippen molar-refractivity contribution >= 4 is 17.6 Å². The zero-order valence-electron chi connectivity index (χ0n) is 21.9. The van der Waals surface area contributed by atoms with E-state index >= 15 is 0 Å². The maximum absolute atomic E-state index is 14.3. The van der Waals surface area contributed by atoms with E-state index in [9.17, 15) is 14.4 Å². The average Bonchev–Trinajstić information content (AvgIpc) is 3.35. The number of likely N-dealkylation sites (tertiary alicyclic amines) is 1. The van der Waals surface area contributed by atoms with Crippen molar-refractivity contribution in [1.29, 1.82) is 0 Å². The van der Waals surface area contributed by atoms with Gasteiger partial charge in [-0.05, 0) is 23.1 Å². The molecule has 1 aliphatic rings. The minimum Gasteiger partial charge on any atom is -0.354 e. The molecule has 5 rings (SSSR count). The smallest absolute Gasteiger partial charge is 0.243 e. The van der Waals surface area contributed by atoms with E-state index in [2.05, 4.69) is 5.32 Å². The summed E-state index contributed by atoms with van der Waals surface area (Å²) in [5, 5.41) is 3.08. The Kier molecular flexibility index (Phi) is 7.97. The Labute approximate surface area is 229 Å². The first kappa shape index (κ1) is 26.1. The molecular formula is C34H32N2O3. The minimum atomic E-state index is -0.844. The number of Topliss-reactive ketones (excluding diaryl/α,β-unsaturated/α-hetero) is 1. The third-order valence-electron chi connectivity index (χ3n) is 7.54. The molecular weight excluding hydrogens is 484 g/mol. The van der Waals surface area contributed by atoms with Gasteiger partial charge in [-0.2, -0.15) is 0 Å². The lowest BCUT2D eigenvalue weighted by atomic mass is 9.76. The average molecular weight is 517 g/mol. The molecule has 1 fully saturated rings. The van der Waals surface area contributed by atoms with Crippen LogP contribution in [-0.4, -0.2) is 35.1 Å². The minimum absolute atomic E-state index is 0.0795. The third kappa shape index (κ3) is 5.53. The van der Waals surface area contributed by atoms with Crippen LogP contribution in [0.25, 0.3) is 0 Å². The monoisotopic (exact) mass is 516 g/mol. The molecule has 39 heavy (non-hydrogen) atoms. The Balaban J connectivity index is 1.59. The number of carbonyl (C=O) groups is 3. The van der Waals surface area contributed by atoms with Crippen LogP contribution in [-0.2, 0) is 16.0 Å². The van der Waals surface area contributed by atoms with Crippen LogP contribution in [0.2, 0.25) is 0 Å². The van der Waals surface area contributed by atoms with Crippen LogP contribution < -0.4 is 5.32 Å². The maximum atomic E-state index is 14.3. The van der Waals surface area contributed by atoms with E-state index in [-0.39, 0.29) is 17.6 Å². The highest BCUT2D eigenvalue weighted by molar-refractivity contribution is 6.01. The molecule has 196 valence electrons. The van der Waals surface area contributed by atoms with E-state index in [4.69, 9.17) is 0 Å². The number of benzene rings is 4. The van der Waals surface area contributed by atoms with E-state index in [1.807, 2.05) is 109 Å². The van der Waals surface area contributed by atoms with Gasteiger partial charge in [0, 0.05) is 24.9 Å². The van der Waals surface area contributed by atoms with Gasteiger partial charge in [-0.1, -0.05) is 121 Å². The molecule has 1 aliphatic heterocycles. The summed E-state index contributed by atoms with van der Waals surface area (Å²) in [5.74, 6) is -1.74. The summed E-state index contributed by atoms with van der Waals surface area (Å²) in [5.41, 5.74) is 3.38. The zero-order valence-corrected chi connectivity index (χ0v) is 21.9. The summed E-state index contributed by atoms with van der Waals surface area (Å²) in [4.78, 5) is 43.3. The van der Waals surface area contributed by atoms with E-state index in [0.717, 1.165) is 16.7 Å². The van der Waals surface area contributed by atoms with Gasteiger partial charge in [-0.3, -0.25) is 14.4 Å². The molecule has 4 atom stereocenters. The molecule has 5 heteroatoms. The highest BCUT2D eigenvalue weighted by atomic mass is 16.2. The summed E-state index contributed by atoms with van der Waals surface area (Å²) >= 11 is 0. The lowest BCUT2D eigenvalue weighted by Crippen LogP contribution is -2.48. The lowest BCUT2D eigenvalue weighted by Gasteiger charge is -2.30. The number of hydrogen-bond acceptors (Lipinski definition) is 3. The fourth-order valence-electron chi connectivity index (χ4n) is 5.86. The number of nitrogens with zero attached hydrogens (tertiary/aromatic N) is 1. The van der Waals surface area contributed by atoms with Crippen molar-refractivity contribution < 1.29 is 14.4 Å². The highest BCUT2D eigenvalue weighted by Crippen LogP contribution is 2.51. The van der Waals surface area contributed by atoms with Gasteiger partial charge in [-0.25, -0.2) is 0 Å². The second kappa shape index (κ2) is 11.9. The van der Waals surface area contributed by atoms with Crippen LogP contribution >= 0.6 is 0 Å². The van der Waals surface area contributed by atoms with Gasteiger partial charge >= 0.3 is 0 Å². The number of rotatable bonds is 8. The van der Waals surface area contributed by atoms with Crippen molar-refractivity contribution in [2.45, 2.75) is 31.3 Å². The number of hydrogen-bond donors (Lipinski definition) is 1. The largest absolute Gasteiger partial charge is 0.354 e. The van der Waals surface area contributed by atoms with Gasteiger partial charge in [0.1, 0.15) is 6.04 Å². The van der Waals surface area contributed by atoms with Crippen molar-refractivity contribution in [3.8, 4) is 0 Å². The predicted octanol–water partition coefficient (Wildman–Crippen LogP) is 5.60. The predicted molar refractivity (Wildman–Crippen MR) is 152 cm³/mol. The van der Waals surface area contributed by atoms with Gasteiger partial charge in [0.05, 0.1) is 12.0 Å². The van der Waals surface area contributed by atoms with Crippen molar-refractivity contribution in [3.63, 3.8) is 0 Å². The summed E-state index contributed by atoms with van der Waals surface area (Å²) in [6, 6.07) is 36.9. The molecule has 1 saturated heterocycles. The normalized spacial score (nSPS) is 20.4. The topological polar surface area (TPSA) is 66.5 Å². The van der Waals surface area contributed by atoms with Gasteiger partial charge in [0.2, 0.25) is 11.8 Å². The van der Waals surface area contributed by atoms with Crippen LogP contribution in [0.1, 0.15) is 45.9 Å². The molecule has 2 amide bonds. The van der Waals surface area contributed by atoms with Crippen LogP contribution in [0.3, 0.4) is 0 Å². The van der Waals surface area contributed by atoms with Crippen LogP contribution in [0.5, 0.6) is 0 Å². The SMILES string of the molecule is CC(=O)N1C(C(=O)NCCc2ccccc2)C(c2ccccc2)C(C(=O)c2ccccc2)C1c1ccccc1. The molecule has 5 nitrogen and oxygen atoms in total. The first-order valence-electron chi connectivity index (χ1n) is 13.4. The van der Waals surface area contributed by atoms with Crippen LogP contribution in [0.4, 0.5) is 0 Å². The Morgan fingerprint density at radius 2 is 1.21 bits per heavy atom. The van der Waals surface area contributed by atoms with E-state index < -0.39 is 23.9 Å². The third-order valence-corrected chi connectivity index (χ3v) is 7.54. The quantitative estimate of drug-likeness (QED) is 0.310. The summed E-state index contributed by atoms with van der Waals surface area (Å²) in [6.07, 6.45) is 0.670. The van der Waals surface area contributed by atoms with Gasteiger partial charge < -0.3 is 10.2 Å². The fourth-order valence-corrected chi connectivity index (χ4v) is 5.86. The summed E-state index contributed by atoms with van der Waals surface area (Å²) in [7, 11) is 0. The van der Waals surface area contributed by atoms with Crippen molar-refractivity contribution in [2.24, 2.45) is 5.92 Å². The van der Waals surface area contributed by atoms with Crippen LogP contribution in [0, 0.1) is 5.92 Å². The highest BCUT2D eigenvalue weighted by Gasteiger charge is 2.56. The molecule has 4 aromatic rings. The Morgan fingerprint density at radius 3 is 1.77 bits per heavy atom. The van der Waals surface area contributed by atoms with Crippen molar-refractivity contribution in [2.75, 3.05) is 6.54 Å². The van der Waals surface area contributed by atoms with Gasteiger partial charge in [-0.15, -0.1) is 0 Å². The standard InChI is InChI=1S/C34H32N2O3/c1-24(37)36-31(27-18-10-4-11-19-27)30(33(38)28-20-12-5-13-21-28)29(26-16-8-3-9-17-26)32(36)34(39)35-23-22-25-14-6-2-7-15-25/h2-21,29-32H,22-23H2,1H3,(H,35,39). The lowest BCUT2D eigenvalue weighted by molar-refractivity contribution is -0.139. The molecule has 0 bridgehead atoms. The molecule has 1 heterocycles. The second-order valence-electron chi connectivity index (χ2n) is 9.95. The van der Waals surface area contributed by atoms with Crippen molar-refractivity contribution in [1.82, 2.24) is 10.2 Å². The zero-order chi connectivity index (χ0) is 27.2. The number of carbonyl (C=O) groups excluding carboxylic acids is 3. The Morgan fingerprint density at radius 1 is 0.692 bits per heavy atom. The Hall–Kier alpha value is -4.51. The first-order valence-corrected chi connectivity index (χ1v) is 13.4. The summed E-state index contributed by atoms with van der Waals surface area (Å²) in [6.45, 7) is 1.91. The van der Waals surface area contributed by atoms with E-state index in [1.165, 1.54) is 6.92 Å². The molecule has 0 aromatic heterocycles. The molecule has 1 N–H and O–H groups in total. The Bertz CT molecular complexity index is 1410. The van der Waals surface area contributed by atoms with E-state index in [1.54, 1.807) is 17.0 Å². The second-order valence-corrected chi connectivity index (χ2v) is 9.95. The molecule has 0 spiro atoms. The van der Waals surface area contributed by atoms with E-state index in [0.29, 0.717) is 18.5 Å². The molecule has 0 aliphatic carbocycles. The number of amides is 2. The first-order chi connectivity index (χ1) is 19.1. The molecule has 4 aromatic carbocycles. The molecule has 0 saturated carbocycles. The number of ketones is 1. The molecule has 0 radical (unpaired) electrons. The summed E-state index contributed by atoms with van der Waals surface area (Å²) < 4.78 is 0. The maximum Gasteiger partial charge on any atom is 0.243 e. The van der Waals surface area contributed by atoms with Crippen molar-refractivity contribution in [3.05, 3.63) is 144 Å². The fraction of sp³-hybridized carbons (Fsp3) is 0.206. The molecule has 4 unspecified atom stereocenters. The van der Waals surface area contributed by atoms with Gasteiger partial charge in [0.15, 0.2) is 5.78 Å².